The van der Waals surface area contributed by atoms with Crippen LogP contribution in [0.15, 0.2) is 12.1 Å². The number of nitrogens with zero attached hydrogens (tertiary/aromatic N) is 2. The third-order valence-electron chi connectivity index (χ3n) is 3.00. The van der Waals surface area contributed by atoms with Crippen molar-refractivity contribution in [1.82, 2.24) is 4.98 Å². The lowest BCUT2D eigenvalue weighted by molar-refractivity contribution is -0.385. The maximum Gasteiger partial charge on any atom is 0.290 e. The molecule has 0 amide bonds. The Balaban J connectivity index is 2.68. The Bertz CT molecular complexity index is 405. The van der Waals surface area contributed by atoms with Crippen LogP contribution in [0, 0.1) is 28.9 Å². The van der Waals surface area contributed by atoms with Gasteiger partial charge in [-0.25, -0.2) is 4.98 Å². The van der Waals surface area contributed by atoms with Gasteiger partial charge in [0.1, 0.15) is 11.5 Å². The number of nitro groups is 1. The molecule has 0 aliphatic heterocycles. The van der Waals surface area contributed by atoms with Gasteiger partial charge in [0.2, 0.25) is 0 Å². The molecule has 5 heteroatoms. The lowest BCUT2D eigenvalue weighted by Crippen LogP contribution is -2.17. The maximum absolute atomic E-state index is 10.6. The first-order chi connectivity index (χ1) is 7.91. The largest absolute Gasteiger partial charge is 0.370 e. The van der Waals surface area contributed by atoms with Crippen molar-refractivity contribution in [2.24, 2.45) is 11.8 Å². The average Bonchev–Trinajstić information content (AvgIpc) is 2.25. The molecule has 0 aliphatic carbocycles. The summed E-state index contributed by atoms with van der Waals surface area (Å²) in [6.45, 7) is 8.97. The summed E-state index contributed by atoms with van der Waals surface area (Å²) in [5.74, 6) is 1.83. The van der Waals surface area contributed by atoms with E-state index in [9.17, 15) is 10.1 Å². The van der Waals surface area contributed by atoms with E-state index in [0.717, 1.165) is 6.54 Å². The van der Waals surface area contributed by atoms with Gasteiger partial charge in [-0.15, -0.1) is 0 Å². The SMILES string of the molecule is Cc1nc(NCC(C)C(C)C)ccc1[N+](=O)[O-]. The normalized spacial score (nSPS) is 12.5. The topological polar surface area (TPSA) is 68.1 Å². The molecule has 0 aromatic carbocycles. The summed E-state index contributed by atoms with van der Waals surface area (Å²) in [5, 5.41) is 13.8. The standard InChI is InChI=1S/C12H19N3O2/c1-8(2)9(3)7-13-12-6-5-11(15(16)17)10(4)14-12/h5-6,8-9H,7H2,1-4H3,(H,13,14). The fraction of sp³-hybridized carbons (Fsp3) is 0.583. The van der Waals surface area contributed by atoms with Gasteiger partial charge in [0.25, 0.3) is 5.69 Å². The third-order valence-corrected chi connectivity index (χ3v) is 3.00. The highest BCUT2D eigenvalue weighted by molar-refractivity contribution is 5.44. The Morgan fingerprint density at radius 2 is 2.06 bits per heavy atom. The number of nitrogens with one attached hydrogen (secondary N) is 1. The fourth-order valence-electron chi connectivity index (χ4n) is 1.35. The summed E-state index contributed by atoms with van der Waals surface area (Å²) < 4.78 is 0. The molecule has 5 nitrogen and oxygen atoms in total. The molecule has 1 unspecified atom stereocenters. The summed E-state index contributed by atoms with van der Waals surface area (Å²) in [5.41, 5.74) is 0.504. The lowest BCUT2D eigenvalue weighted by Gasteiger charge is -2.16. The fourth-order valence-corrected chi connectivity index (χ4v) is 1.35. The second-order valence-electron chi connectivity index (χ2n) is 4.66. The minimum Gasteiger partial charge on any atom is -0.370 e. The van der Waals surface area contributed by atoms with E-state index in [2.05, 4.69) is 31.1 Å². The monoisotopic (exact) mass is 237 g/mol. The molecule has 0 bridgehead atoms. The molecule has 0 saturated carbocycles. The third kappa shape index (κ3) is 3.69. The van der Waals surface area contributed by atoms with E-state index in [4.69, 9.17) is 0 Å². The summed E-state index contributed by atoms with van der Waals surface area (Å²) in [6.07, 6.45) is 0. The Morgan fingerprint density at radius 1 is 1.41 bits per heavy atom. The van der Waals surface area contributed by atoms with Crippen LogP contribution in [0.1, 0.15) is 26.5 Å². The van der Waals surface area contributed by atoms with Crippen LogP contribution in [-0.4, -0.2) is 16.5 Å². The molecule has 1 aromatic rings. The van der Waals surface area contributed by atoms with Gasteiger partial charge in [0.05, 0.1) is 4.92 Å². The number of aromatic nitrogens is 1. The lowest BCUT2D eigenvalue weighted by atomic mass is 9.98. The molecule has 94 valence electrons. The van der Waals surface area contributed by atoms with Gasteiger partial charge in [-0.2, -0.15) is 0 Å². The second-order valence-corrected chi connectivity index (χ2v) is 4.66. The first-order valence-corrected chi connectivity index (χ1v) is 5.77. The zero-order chi connectivity index (χ0) is 13.0. The Kier molecular flexibility index (Phi) is 4.43. The highest BCUT2D eigenvalue weighted by Crippen LogP contribution is 2.18. The van der Waals surface area contributed by atoms with Crippen molar-refractivity contribution in [2.75, 3.05) is 11.9 Å². The summed E-state index contributed by atoms with van der Waals surface area (Å²) >= 11 is 0. The number of rotatable bonds is 5. The van der Waals surface area contributed by atoms with Crippen molar-refractivity contribution in [3.8, 4) is 0 Å². The van der Waals surface area contributed by atoms with E-state index >= 15 is 0 Å². The van der Waals surface area contributed by atoms with E-state index in [1.54, 1.807) is 13.0 Å². The Hall–Kier alpha value is -1.65. The van der Waals surface area contributed by atoms with Crippen LogP contribution in [0.25, 0.3) is 0 Å². The smallest absolute Gasteiger partial charge is 0.290 e. The first-order valence-electron chi connectivity index (χ1n) is 5.77. The predicted octanol–water partition coefficient (Wildman–Crippen LogP) is 3.00. The summed E-state index contributed by atoms with van der Waals surface area (Å²) in [6, 6.07) is 3.14. The molecule has 1 heterocycles. The van der Waals surface area contributed by atoms with E-state index in [-0.39, 0.29) is 5.69 Å². The molecule has 0 radical (unpaired) electrons. The van der Waals surface area contributed by atoms with Crippen LogP contribution in [0.2, 0.25) is 0 Å². The van der Waals surface area contributed by atoms with Gasteiger partial charge >= 0.3 is 0 Å². The van der Waals surface area contributed by atoms with Gasteiger partial charge in [-0.3, -0.25) is 10.1 Å². The number of hydrogen-bond acceptors (Lipinski definition) is 4. The number of pyridine rings is 1. The average molecular weight is 237 g/mol. The van der Waals surface area contributed by atoms with Crippen LogP contribution in [-0.2, 0) is 0 Å². The molecular weight excluding hydrogens is 218 g/mol. The molecule has 1 aromatic heterocycles. The molecule has 0 aliphatic rings. The minimum atomic E-state index is -0.414. The Morgan fingerprint density at radius 3 is 2.53 bits per heavy atom. The van der Waals surface area contributed by atoms with Crippen LogP contribution >= 0.6 is 0 Å². The molecule has 1 N–H and O–H groups in total. The second kappa shape index (κ2) is 5.61. The van der Waals surface area contributed by atoms with E-state index < -0.39 is 4.92 Å². The van der Waals surface area contributed by atoms with E-state index in [1.165, 1.54) is 6.07 Å². The molecular formula is C12H19N3O2. The van der Waals surface area contributed by atoms with Gasteiger partial charge in [-0.1, -0.05) is 20.8 Å². The molecule has 0 spiro atoms. The predicted molar refractivity (Wildman–Crippen MR) is 68.1 cm³/mol. The quantitative estimate of drug-likeness (QED) is 0.631. The summed E-state index contributed by atoms with van der Waals surface area (Å²) in [4.78, 5) is 14.4. The van der Waals surface area contributed by atoms with Crippen molar-refractivity contribution in [3.63, 3.8) is 0 Å². The zero-order valence-corrected chi connectivity index (χ0v) is 10.7. The van der Waals surface area contributed by atoms with E-state index in [1.807, 2.05) is 0 Å². The Labute approximate surface area is 101 Å². The van der Waals surface area contributed by atoms with Crippen LogP contribution < -0.4 is 5.32 Å². The molecule has 0 fully saturated rings. The zero-order valence-electron chi connectivity index (χ0n) is 10.7. The van der Waals surface area contributed by atoms with Crippen molar-refractivity contribution in [3.05, 3.63) is 27.9 Å². The number of hydrogen-bond donors (Lipinski definition) is 1. The van der Waals surface area contributed by atoms with Crippen molar-refractivity contribution >= 4 is 11.5 Å². The molecule has 17 heavy (non-hydrogen) atoms. The van der Waals surface area contributed by atoms with E-state index in [0.29, 0.717) is 23.3 Å². The minimum absolute atomic E-state index is 0.0625. The first kappa shape index (κ1) is 13.4. The highest BCUT2D eigenvalue weighted by Gasteiger charge is 2.12. The molecule has 1 rings (SSSR count). The maximum atomic E-state index is 10.6. The van der Waals surface area contributed by atoms with Gasteiger partial charge < -0.3 is 5.32 Å². The van der Waals surface area contributed by atoms with Crippen molar-refractivity contribution in [1.29, 1.82) is 0 Å². The van der Waals surface area contributed by atoms with Crippen molar-refractivity contribution < 1.29 is 4.92 Å². The molecule has 1 atom stereocenters. The number of anilines is 1. The molecule has 0 saturated heterocycles. The van der Waals surface area contributed by atoms with Crippen LogP contribution in [0.4, 0.5) is 11.5 Å². The van der Waals surface area contributed by atoms with Crippen molar-refractivity contribution in [2.45, 2.75) is 27.7 Å². The summed E-state index contributed by atoms with van der Waals surface area (Å²) in [7, 11) is 0. The van der Waals surface area contributed by atoms with Gasteiger partial charge in [-0.05, 0) is 24.8 Å². The van der Waals surface area contributed by atoms with Crippen LogP contribution in [0.5, 0.6) is 0 Å². The van der Waals surface area contributed by atoms with Gasteiger partial charge in [0, 0.05) is 12.6 Å². The number of aryl methyl sites for hydroxylation is 1. The highest BCUT2D eigenvalue weighted by atomic mass is 16.6. The van der Waals surface area contributed by atoms with Gasteiger partial charge in [0.15, 0.2) is 0 Å². The van der Waals surface area contributed by atoms with Crippen LogP contribution in [0.3, 0.4) is 0 Å².